The van der Waals surface area contributed by atoms with Crippen LogP contribution >= 0.6 is 0 Å². The monoisotopic (exact) mass is 960 g/mol. The number of rotatable bonds is 15. The van der Waals surface area contributed by atoms with Crippen LogP contribution in [0, 0.1) is 11.6 Å². The molecule has 2 aromatic carbocycles. The molecule has 2 aliphatic heterocycles. The zero-order valence-corrected chi connectivity index (χ0v) is 37.4. The second-order valence-electron chi connectivity index (χ2n) is 15.8. The number of imidazole rings is 1. The highest BCUT2D eigenvalue weighted by molar-refractivity contribution is 5.93. The minimum Gasteiger partial charge on any atom is -0.378 e. The van der Waals surface area contributed by atoms with E-state index in [0.29, 0.717) is 49.9 Å². The molecular weight excluding hydrogens is 919 g/mol. The largest absolute Gasteiger partial charge is 0.378 e. The summed E-state index contributed by atoms with van der Waals surface area (Å²) in [6, 6.07) is 23.6. The van der Waals surface area contributed by atoms with Crippen LogP contribution in [0.1, 0.15) is 32.8 Å². The van der Waals surface area contributed by atoms with Gasteiger partial charge < -0.3 is 34.5 Å². The Hall–Kier alpha value is -9.29. The van der Waals surface area contributed by atoms with Gasteiger partial charge in [-0.05, 0) is 60.7 Å². The fraction of sp³-hybridized carbons (Fsp3) is 0.170. The number of ether oxygens (including phenoxy) is 2. The molecule has 71 heavy (non-hydrogen) atoms. The van der Waals surface area contributed by atoms with Crippen molar-refractivity contribution in [3.63, 3.8) is 0 Å². The Kier molecular flexibility index (Phi) is 13.4. The van der Waals surface area contributed by atoms with Gasteiger partial charge in [0.15, 0.2) is 23.3 Å². The number of carbonyl (C=O) groups excluding carboxylic acids is 2. The van der Waals surface area contributed by atoms with Gasteiger partial charge in [-0.3, -0.25) is 31.3 Å². The third kappa shape index (κ3) is 10.9. The molecule has 0 radical (unpaired) electrons. The maximum Gasteiger partial charge on any atom is 0.288 e. The van der Waals surface area contributed by atoms with E-state index in [1.54, 1.807) is 52.8 Å². The average Bonchev–Trinajstić information content (AvgIpc) is 3.92. The first kappa shape index (κ1) is 45.5. The van der Waals surface area contributed by atoms with Gasteiger partial charge in [0.05, 0.1) is 86.4 Å². The molecule has 2 saturated heterocycles. The lowest BCUT2D eigenvalue weighted by molar-refractivity contribution is 0.0355. The van der Waals surface area contributed by atoms with Crippen molar-refractivity contribution in [3.05, 3.63) is 157 Å². The number of nitrogens with one attached hydrogen (secondary N) is 6. The first-order valence-electron chi connectivity index (χ1n) is 22.1. The number of aromatic nitrogens is 10. The van der Waals surface area contributed by atoms with Crippen LogP contribution in [-0.2, 0) is 9.47 Å². The molecule has 2 fully saturated rings. The van der Waals surface area contributed by atoms with E-state index < -0.39 is 29.6 Å². The quantitative estimate of drug-likeness (QED) is 0.0704. The lowest BCUT2D eigenvalue weighted by Gasteiger charge is -2.34. The highest BCUT2D eigenvalue weighted by atomic mass is 19.1. The first-order valence-corrected chi connectivity index (χ1v) is 22.1. The Labute approximate surface area is 403 Å². The van der Waals surface area contributed by atoms with Crippen LogP contribution < -0.4 is 42.1 Å². The van der Waals surface area contributed by atoms with Crippen molar-refractivity contribution < 1.29 is 27.8 Å². The van der Waals surface area contributed by atoms with Crippen molar-refractivity contribution in [2.24, 2.45) is 0 Å². The molecule has 0 saturated carbocycles. The molecule has 24 heteroatoms. The summed E-state index contributed by atoms with van der Waals surface area (Å²) in [6.45, 7) is 2.70. The number of anilines is 8. The third-order valence-electron chi connectivity index (χ3n) is 11.1. The zero-order chi connectivity index (χ0) is 48.5. The Morgan fingerprint density at radius 2 is 1.25 bits per heavy atom. The third-order valence-corrected chi connectivity index (χ3v) is 11.1. The second kappa shape index (κ2) is 20.9. The van der Waals surface area contributed by atoms with E-state index in [2.05, 4.69) is 77.2 Å². The molecule has 1 unspecified atom stereocenters. The van der Waals surface area contributed by atoms with Crippen molar-refractivity contribution in [2.75, 3.05) is 77.3 Å². The van der Waals surface area contributed by atoms with E-state index in [4.69, 9.17) is 9.47 Å². The molecule has 0 spiro atoms. The number of hydrogen-bond donors (Lipinski definition) is 6. The van der Waals surface area contributed by atoms with Gasteiger partial charge >= 0.3 is 0 Å². The lowest BCUT2D eigenvalue weighted by atomic mass is 10.1. The van der Waals surface area contributed by atoms with E-state index in [-0.39, 0.29) is 48.1 Å². The molecule has 22 nitrogen and oxygen atoms in total. The molecule has 2 amide bonds. The average molecular weight is 961 g/mol. The summed E-state index contributed by atoms with van der Waals surface area (Å²) in [5, 5.41) is 6.58. The fourth-order valence-corrected chi connectivity index (χ4v) is 7.68. The Morgan fingerprint density at radius 3 is 1.89 bits per heavy atom. The Balaban J connectivity index is 0.733. The molecule has 0 bridgehead atoms. The summed E-state index contributed by atoms with van der Waals surface area (Å²) in [5.41, 5.74) is 16.5. The number of pyridine rings is 2. The van der Waals surface area contributed by atoms with Gasteiger partial charge in [0.1, 0.15) is 23.8 Å². The van der Waals surface area contributed by atoms with Gasteiger partial charge in [-0.1, -0.05) is 18.2 Å². The molecule has 6 N–H and O–H groups in total. The fourth-order valence-electron chi connectivity index (χ4n) is 7.68. The number of benzene rings is 2. The van der Waals surface area contributed by atoms with Crippen LogP contribution in [0.15, 0.2) is 129 Å². The van der Waals surface area contributed by atoms with Gasteiger partial charge in [-0.15, -0.1) is 0 Å². The number of carbonyl (C=O) groups is 2. The van der Waals surface area contributed by atoms with Crippen LogP contribution in [0.3, 0.4) is 0 Å². The van der Waals surface area contributed by atoms with Gasteiger partial charge in [-0.25, -0.2) is 43.7 Å². The maximum absolute atomic E-state index is 15.4. The topological polar surface area (TPSA) is 252 Å². The van der Waals surface area contributed by atoms with Gasteiger partial charge in [0.25, 0.3) is 11.8 Å². The summed E-state index contributed by atoms with van der Waals surface area (Å²) in [7, 11) is 0. The van der Waals surface area contributed by atoms with E-state index in [9.17, 15) is 14.0 Å². The van der Waals surface area contributed by atoms with E-state index in [1.807, 2.05) is 59.2 Å². The Bertz CT molecular complexity index is 3150. The SMILES string of the molecule is O=C(NNc1ncc(F)c(N2CCOCC2)n1)c1ccc(Nc2cccc(-n3cncc3C3CN(c4nc(NNC(=O)c5ccc(Nc6cccc(-c7ccncn7)c6)cn5)ncc4F)CCO3)c2)cn1. The second-order valence-corrected chi connectivity index (χ2v) is 15.8. The maximum atomic E-state index is 15.4. The molecule has 0 aliphatic carbocycles. The van der Waals surface area contributed by atoms with Crippen molar-refractivity contribution >= 4 is 58.1 Å². The van der Waals surface area contributed by atoms with Crippen molar-refractivity contribution in [1.29, 1.82) is 0 Å². The number of halogens is 2. The van der Waals surface area contributed by atoms with Crippen LogP contribution in [0.25, 0.3) is 16.9 Å². The normalized spacial score (nSPS) is 14.6. The smallest absolute Gasteiger partial charge is 0.288 e. The summed E-state index contributed by atoms with van der Waals surface area (Å²) in [4.78, 5) is 67.3. The Morgan fingerprint density at radius 1 is 0.620 bits per heavy atom. The molecule has 8 heterocycles. The van der Waals surface area contributed by atoms with E-state index in [0.717, 1.165) is 40.7 Å². The molecular formula is C47H42F2N18O4. The predicted molar refractivity (Wildman–Crippen MR) is 256 cm³/mol. The van der Waals surface area contributed by atoms with Crippen LogP contribution in [0.5, 0.6) is 0 Å². The molecule has 358 valence electrons. The number of amides is 2. The van der Waals surface area contributed by atoms with Crippen molar-refractivity contribution in [2.45, 2.75) is 6.10 Å². The number of nitrogens with zero attached hydrogens (tertiary/aromatic N) is 12. The van der Waals surface area contributed by atoms with Crippen molar-refractivity contribution in [3.8, 4) is 16.9 Å². The first-order chi connectivity index (χ1) is 34.8. The van der Waals surface area contributed by atoms with Gasteiger partial charge in [-0.2, -0.15) is 9.97 Å². The molecule has 6 aromatic heterocycles. The summed E-state index contributed by atoms with van der Waals surface area (Å²) < 4.78 is 43.2. The number of hydrazine groups is 2. The summed E-state index contributed by atoms with van der Waals surface area (Å²) in [6.07, 6.45) is 11.1. The minimum absolute atomic E-state index is 0.0180. The lowest BCUT2D eigenvalue weighted by Crippen LogP contribution is -2.40. The zero-order valence-electron chi connectivity index (χ0n) is 37.4. The number of hydrogen-bond acceptors (Lipinski definition) is 19. The highest BCUT2D eigenvalue weighted by Crippen LogP contribution is 2.30. The highest BCUT2D eigenvalue weighted by Gasteiger charge is 2.28. The standard InChI is InChI=1S/C47H42F2N18O4/c48-35-23-54-46(59-42(35)65-13-16-70-17-14-65)63-61-44(68)39-10-8-33(22-53-39)58-31-5-2-6-34(20-31)67-28-51-25-40(67)41-26-66(15-18-71-41)43-36(49)24-55-47(60-43)64-62-45(69)38-9-7-32(21-52-38)57-30-4-1-3-29(19-30)37-11-12-50-27-56-37/h1-12,19-25,27-28,41,57-58H,13-18,26H2,(H,61,68)(H,62,69)(H,54,59,63)(H,55,60,64). The molecule has 10 rings (SSSR count). The van der Waals surface area contributed by atoms with E-state index in [1.165, 1.54) is 18.7 Å². The molecule has 2 aliphatic rings. The minimum atomic E-state index is -0.653. The summed E-state index contributed by atoms with van der Waals surface area (Å²) >= 11 is 0. The molecule has 1 atom stereocenters. The van der Waals surface area contributed by atoms with Gasteiger partial charge in [0.2, 0.25) is 11.9 Å². The van der Waals surface area contributed by atoms with Crippen molar-refractivity contribution in [1.82, 2.24) is 60.3 Å². The van der Waals surface area contributed by atoms with Gasteiger partial charge in [0, 0.05) is 48.5 Å². The van der Waals surface area contributed by atoms with Crippen LogP contribution in [0.2, 0.25) is 0 Å². The van der Waals surface area contributed by atoms with Crippen LogP contribution in [-0.4, -0.2) is 107 Å². The number of morpholine rings is 2. The van der Waals surface area contributed by atoms with Crippen LogP contribution in [0.4, 0.5) is 55.1 Å². The predicted octanol–water partition coefficient (Wildman–Crippen LogP) is 5.39. The molecule has 8 aromatic rings. The van der Waals surface area contributed by atoms with E-state index >= 15 is 4.39 Å². The summed E-state index contributed by atoms with van der Waals surface area (Å²) in [5.74, 6) is -2.22.